The number of rotatable bonds is 10. The Hall–Kier alpha value is 0.190. The van der Waals surface area contributed by atoms with Crippen molar-refractivity contribution in [2.24, 2.45) is 0 Å². The van der Waals surface area contributed by atoms with Gasteiger partial charge in [0.25, 0.3) is 0 Å². The minimum absolute atomic E-state index is 0.732. The Balaban J connectivity index is 1.91. The number of ether oxygens (including phenoxy) is 1. The van der Waals surface area contributed by atoms with E-state index >= 15 is 0 Å². The third kappa shape index (κ3) is 8.32. The number of halogens is 2. The Kier molecular flexibility index (Phi) is 9.98. The molecule has 1 aromatic rings. The summed E-state index contributed by atoms with van der Waals surface area (Å²) in [7, 11) is 0. The van der Waals surface area contributed by atoms with Crippen molar-refractivity contribution in [1.82, 2.24) is 5.32 Å². The topological polar surface area (TPSA) is 21.3 Å². The first-order chi connectivity index (χ1) is 8.83. The normalized spacial score (nSPS) is 10.6. The molecule has 2 nitrogen and oxygen atoms in total. The molecule has 0 aliphatic heterocycles. The molecule has 0 amide bonds. The van der Waals surface area contributed by atoms with Crippen LogP contribution in [0.25, 0.3) is 0 Å². The van der Waals surface area contributed by atoms with E-state index < -0.39 is 0 Å². The van der Waals surface area contributed by atoms with Crippen LogP contribution in [0.1, 0.15) is 25.7 Å². The van der Waals surface area contributed by atoms with Gasteiger partial charge in [0, 0.05) is 11.0 Å². The lowest BCUT2D eigenvalue weighted by atomic mass is 10.2. The summed E-state index contributed by atoms with van der Waals surface area (Å²) in [6, 6.07) is 7.95. The van der Waals surface area contributed by atoms with E-state index in [1.54, 1.807) is 0 Å². The van der Waals surface area contributed by atoms with E-state index in [9.17, 15) is 0 Å². The molecule has 0 radical (unpaired) electrons. The molecule has 1 rings (SSSR count). The number of benzene rings is 1. The molecule has 4 heteroatoms. The van der Waals surface area contributed by atoms with Crippen molar-refractivity contribution >= 4 is 38.5 Å². The first kappa shape index (κ1) is 16.2. The number of hydrogen-bond acceptors (Lipinski definition) is 2. The van der Waals surface area contributed by atoms with E-state index in [0.717, 1.165) is 29.9 Å². The molecule has 0 aliphatic rings. The van der Waals surface area contributed by atoms with Crippen molar-refractivity contribution in [2.75, 3.05) is 24.1 Å². The average molecular weight is 426 g/mol. The Morgan fingerprint density at radius 2 is 1.72 bits per heavy atom. The second-order valence-corrected chi connectivity index (χ2v) is 6.15. The lowest BCUT2D eigenvalue weighted by Gasteiger charge is -2.07. The number of hydrogen-bond donors (Lipinski definition) is 1. The van der Waals surface area contributed by atoms with Crippen LogP contribution in [-0.2, 0) is 0 Å². The fourth-order valence-electron chi connectivity index (χ4n) is 1.59. The molecule has 0 aromatic heterocycles. The third-order valence-corrected chi connectivity index (χ3v) is 3.89. The van der Waals surface area contributed by atoms with Crippen molar-refractivity contribution < 1.29 is 4.74 Å². The minimum atomic E-state index is 0.732. The van der Waals surface area contributed by atoms with Crippen molar-refractivity contribution in [2.45, 2.75) is 25.7 Å². The van der Waals surface area contributed by atoms with E-state index in [1.165, 1.54) is 30.1 Å². The molecule has 1 aromatic carbocycles. The minimum Gasteiger partial charge on any atom is -0.492 e. The van der Waals surface area contributed by atoms with Crippen LogP contribution in [0, 0.1) is 0 Å². The van der Waals surface area contributed by atoms with E-state index in [0.29, 0.717) is 0 Å². The van der Waals surface area contributed by atoms with Crippen LogP contribution in [0.4, 0.5) is 0 Å². The molecular formula is C14H21BrINO. The Morgan fingerprint density at radius 1 is 1.00 bits per heavy atom. The van der Waals surface area contributed by atoms with Gasteiger partial charge in [-0.1, -0.05) is 51.4 Å². The summed E-state index contributed by atoms with van der Waals surface area (Å²) in [6.07, 6.45) is 5.33. The first-order valence-corrected chi connectivity index (χ1v) is 8.80. The Labute approximate surface area is 132 Å². The summed E-state index contributed by atoms with van der Waals surface area (Å²) in [6.45, 7) is 2.75. The quantitative estimate of drug-likeness (QED) is 0.340. The summed E-state index contributed by atoms with van der Waals surface area (Å²) in [5.74, 6) is 0.932. The zero-order valence-corrected chi connectivity index (χ0v) is 14.4. The molecular weight excluding hydrogens is 405 g/mol. The van der Waals surface area contributed by atoms with Crippen LogP contribution in [0.15, 0.2) is 28.7 Å². The van der Waals surface area contributed by atoms with Crippen LogP contribution in [0.5, 0.6) is 5.75 Å². The molecule has 0 atom stereocenters. The molecule has 1 N–H and O–H groups in total. The van der Waals surface area contributed by atoms with Gasteiger partial charge in [-0.2, -0.15) is 0 Å². The third-order valence-electron chi connectivity index (χ3n) is 2.60. The van der Waals surface area contributed by atoms with Crippen LogP contribution in [0.3, 0.4) is 0 Å². The Bertz CT molecular complexity index is 305. The standard InChI is InChI=1S/C14H21BrINO/c15-13-5-7-14(8-6-13)18-12-11-17-10-4-2-1-3-9-16/h5-8,17H,1-4,9-12H2. The molecule has 0 fully saturated rings. The van der Waals surface area contributed by atoms with Gasteiger partial charge in [0.15, 0.2) is 0 Å². The molecule has 18 heavy (non-hydrogen) atoms. The van der Waals surface area contributed by atoms with Gasteiger partial charge in [0.05, 0.1) is 0 Å². The Morgan fingerprint density at radius 3 is 2.44 bits per heavy atom. The smallest absolute Gasteiger partial charge is 0.119 e. The summed E-state index contributed by atoms with van der Waals surface area (Å²) in [5.41, 5.74) is 0. The number of unbranched alkanes of at least 4 members (excludes halogenated alkanes) is 3. The average Bonchev–Trinajstić information content (AvgIpc) is 2.39. The lowest BCUT2D eigenvalue weighted by molar-refractivity contribution is 0.313. The van der Waals surface area contributed by atoms with E-state index in [4.69, 9.17) is 4.74 Å². The van der Waals surface area contributed by atoms with E-state index in [2.05, 4.69) is 43.8 Å². The monoisotopic (exact) mass is 425 g/mol. The molecule has 0 saturated heterocycles. The highest BCUT2D eigenvalue weighted by Gasteiger charge is 1.94. The van der Waals surface area contributed by atoms with Gasteiger partial charge in [-0.25, -0.2) is 0 Å². The van der Waals surface area contributed by atoms with Crippen molar-refractivity contribution in [3.05, 3.63) is 28.7 Å². The number of alkyl halides is 1. The molecule has 0 spiro atoms. The van der Waals surface area contributed by atoms with E-state index in [-0.39, 0.29) is 0 Å². The maximum atomic E-state index is 5.62. The molecule has 0 unspecified atom stereocenters. The molecule has 0 heterocycles. The van der Waals surface area contributed by atoms with Crippen molar-refractivity contribution in [1.29, 1.82) is 0 Å². The molecule has 102 valence electrons. The first-order valence-electron chi connectivity index (χ1n) is 6.48. The van der Waals surface area contributed by atoms with Crippen molar-refractivity contribution in [3.63, 3.8) is 0 Å². The summed E-state index contributed by atoms with van der Waals surface area (Å²) in [4.78, 5) is 0. The predicted molar refractivity (Wildman–Crippen MR) is 89.9 cm³/mol. The van der Waals surface area contributed by atoms with Crippen LogP contribution < -0.4 is 10.1 Å². The fourth-order valence-corrected chi connectivity index (χ4v) is 2.40. The fraction of sp³-hybridized carbons (Fsp3) is 0.571. The highest BCUT2D eigenvalue weighted by molar-refractivity contribution is 14.1. The zero-order valence-electron chi connectivity index (χ0n) is 10.6. The van der Waals surface area contributed by atoms with Gasteiger partial charge < -0.3 is 10.1 Å². The van der Waals surface area contributed by atoms with Crippen LogP contribution in [0.2, 0.25) is 0 Å². The largest absolute Gasteiger partial charge is 0.492 e. The van der Waals surface area contributed by atoms with Gasteiger partial charge in [-0.05, 0) is 48.1 Å². The summed E-state index contributed by atoms with van der Waals surface area (Å²) in [5, 5.41) is 3.41. The maximum Gasteiger partial charge on any atom is 0.119 e. The highest BCUT2D eigenvalue weighted by Crippen LogP contribution is 2.15. The second kappa shape index (κ2) is 11.1. The van der Waals surface area contributed by atoms with Crippen molar-refractivity contribution in [3.8, 4) is 5.75 Å². The van der Waals surface area contributed by atoms with Gasteiger partial charge >= 0.3 is 0 Å². The SMILES string of the molecule is Brc1ccc(OCCNCCCCCCI)cc1. The van der Waals surface area contributed by atoms with Gasteiger partial charge in [-0.15, -0.1) is 0 Å². The van der Waals surface area contributed by atoms with Gasteiger partial charge in [0.2, 0.25) is 0 Å². The number of nitrogens with one attached hydrogen (secondary N) is 1. The van der Waals surface area contributed by atoms with Crippen LogP contribution in [-0.4, -0.2) is 24.1 Å². The van der Waals surface area contributed by atoms with E-state index in [1.807, 2.05) is 24.3 Å². The van der Waals surface area contributed by atoms with Crippen LogP contribution >= 0.6 is 38.5 Å². The molecule has 0 aliphatic carbocycles. The summed E-state index contributed by atoms with van der Waals surface area (Å²) < 4.78 is 7.99. The second-order valence-electron chi connectivity index (χ2n) is 4.16. The highest BCUT2D eigenvalue weighted by atomic mass is 127. The lowest BCUT2D eigenvalue weighted by Crippen LogP contribution is -2.22. The molecule has 0 bridgehead atoms. The van der Waals surface area contributed by atoms with Gasteiger partial charge in [-0.3, -0.25) is 0 Å². The van der Waals surface area contributed by atoms with Gasteiger partial charge in [0.1, 0.15) is 12.4 Å². The zero-order chi connectivity index (χ0) is 13.1. The summed E-state index contributed by atoms with van der Waals surface area (Å²) >= 11 is 5.84. The predicted octanol–water partition coefficient (Wildman–Crippen LogP) is 4.41. The maximum absolute atomic E-state index is 5.62. The molecule has 0 saturated carbocycles.